The molecule has 0 saturated heterocycles. The van der Waals surface area contributed by atoms with Gasteiger partial charge in [0.2, 0.25) is 0 Å². The van der Waals surface area contributed by atoms with Crippen LogP contribution in [0.1, 0.15) is 88.8 Å². The summed E-state index contributed by atoms with van der Waals surface area (Å²) in [5, 5.41) is 22.2. The Morgan fingerprint density at radius 2 is 0.774 bits per heavy atom. The van der Waals surface area contributed by atoms with Crippen molar-refractivity contribution in [1.82, 2.24) is 0 Å². The van der Waals surface area contributed by atoms with Crippen LogP contribution in [0.5, 0.6) is 11.5 Å². The Morgan fingerprint density at radius 3 is 1.06 bits per heavy atom. The molecule has 2 nitrogen and oxygen atoms in total. The highest BCUT2D eigenvalue weighted by Gasteiger charge is 2.17. The molecule has 0 aliphatic carbocycles. The van der Waals surface area contributed by atoms with E-state index in [2.05, 4.69) is 79.7 Å². The van der Waals surface area contributed by atoms with Crippen molar-refractivity contribution in [3.8, 4) is 11.5 Å². The molecule has 0 bridgehead atoms. The molecule has 0 spiro atoms. The summed E-state index contributed by atoms with van der Waals surface area (Å²) in [6, 6.07) is 8.65. The van der Waals surface area contributed by atoms with Crippen LogP contribution in [-0.2, 0) is 32.1 Å². The van der Waals surface area contributed by atoms with E-state index in [1.54, 1.807) is 0 Å². The predicted molar refractivity (Wildman–Crippen MR) is 133 cm³/mol. The molecule has 0 aliphatic rings. The van der Waals surface area contributed by atoms with Gasteiger partial charge in [-0.2, -0.15) is 0 Å². The lowest BCUT2D eigenvalue weighted by atomic mass is 9.88. The number of benzene rings is 2. The van der Waals surface area contributed by atoms with E-state index in [4.69, 9.17) is 0 Å². The predicted octanol–water partition coefficient (Wildman–Crippen LogP) is 7.48. The van der Waals surface area contributed by atoms with Crippen LogP contribution in [0, 0.1) is 23.7 Å². The van der Waals surface area contributed by atoms with E-state index < -0.39 is 0 Å². The van der Waals surface area contributed by atoms with Gasteiger partial charge in [0.05, 0.1) is 0 Å². The van der Waals surface area contributed by atoms with Gasteiger partial charge in [0, 0.05) is 6.42 Å². The fourth-order valence-corrected chi connectivity index (χ4v) is 4.51. The normalized spacial score (nSPS) is 12.0. The van der Waals surface area contributed by atoms with Crippen LogP contribution < -0.4 is 0 Å². The highest BCUT2D eigenvalue weighted by molar-refractivity contribution is 5.51. The molecule has 0 aliphatic heterocycles. The van der Waals surface area contributed by atoms with Crippen LogP contribution in [-0.4, -0.2) is 10.2 Å². The molecule has 2 aromatic rings. The first-order valence-corrected chi connectivity index (χ1v) is 12.1. The Labute approximate surface area is 190 Å². The molecule has 0 aromatic heterocycles. The fraction of sp³-hybridized carbons (Fsp3) is 0.586. The van der Waals surface area contributed by atoms with Gasteiger partial charge in [-0.15, -0.1) is 0 Å². The monoisotopic (exact) mass is 424 g/mol. The maximum absolute atomic E-state index is 11.1. The zero-order chi connectivity index (χ0) is 23.3. The smallest absolute Gasteiger partial charge is 0.122 e. The molecule has 0 heterocycles. The molecule has 2 heteroatoms. The standard InChI is InChI=1S/C29H44O2/c1-18(2)9-22-13-24(11-20(5)6)28(30)26(15-22)17-27-16-23(10-19(3)4)14-25(29(27)31)12-21(7)8/h13-16,18-21,30-31H,9-12,17H2,1-8H3. The molecule has 0 radical (unpaired) electrons. The van der Waals surface area contributed by atoms with Crippen LogP contribution in [0.3, 0.4) is 0 Å². The van der Waals surface area contributed by atoms with Crippen molar-refractivity contribution >= 4 is 0 Å². The zero-order valence-corrected chi connectivity index (χ0v) is 21.0. The quantitative estimate of drug-likeness (QED) is 0.415. The minimum atomic E-state index is 0.403. The molecule has 2 aromatic carbocycles. The topological polar surface area (TPSA) is 40.5 Å². The molecular weight excluding hydrogens is 380 g/mol. The third kappa shape index (κ3) is 7.59. The van der Waals surface area contributed by atoms with E-state index in [0.717, 1.165) is 47.9 Å². The lowest BCUT2D eigenvalue weighted by Crippen LogP contribution is -2.05. The van der Waals surface area contributed by atoms with Gasteiger partial charge in [0.25, 0.3) is 0 Å². The number of hydrogen-bond acceptors (Lipinski definition) is 2. The van der Waals surface area contributed by atoms with Gasteiger partial charge in [-0.05, 0) is 82.7 Å². The molecule has 0 amide bonds. The van der Waals surface area contributed by atoms with Crippen LogP contribution in [0.2, 0.25) is 0 Å². The summed E-state index contributed by atoms with van der Waals surface area (Å²) in [6.45, 7) is 17.7. The van der Waals surface area contributed by atoms with Crippen LogP contribution in [0.4, 0.5) is 0 Å². The Morgan fingerprint density at radius 1 is 0.484 bits per heavy atom. The molecule has 0 unspecified atom stereocenters. The second kappa shape index (κ2) is 11.1. The van der Waals surface area contributed by atoms with E-state index in [0.29, 0.717) is 41.6 Å². The minimum Gasteiger partial charge on any atom is -0.507 e. The largest absolute Gasteiger partial charge is 0.507 e. The van der Waals surface area contributed by atoms with Crippen molar-refractivity contribution in [2.45, 2.75) is 87.5 Å². The van der Waals surface area contributed by atoms with Crippen LogP contribution >= 0.6 is 0 Å². The first kappa shape index (κ1) is 25.3. The van der Waals surface area contributed by atoms with Crippen molar-refractivity contribution in [3.05, 3.63) is 57.6 Å². The lowest BCUT2D eigenvalue weighted by molar-refractivity contribution is 0.449. The molecule has 2 N–H and O–H groups in total. The van der Waals surface area contributed by atoms with Crippen molar-refractivity contribution in [3.63, 3.8) is 0 Å². The van der Waals surface area contributed by atoms with Crippen LogP contribution in [0.15, 0.2) is 24.3 Å². The summed E-state index contributed by atoms with van der Waals surface area (Å²) >= 11 is 0. The zero-order valence-electron chi connectivity index (χ0n) is 21.0. The van der Waals surface area contributed by atoms with Gasteiger partial charge < -0.3 is 10.2 Å². The van der Waals surface area contributed by atoms with Crippen molar-refractivity contribution < 1.29 is 10.2 Å². The van der Waals surface area contributed by atoms with Gasteiger partial charge in [-0.3, -0.25) is 0 Å². The second-order valence-electron chi connectivity index (χ2n) is 11.1. The summed E-state index contributed by atoms with van der Waals surface area (Å²) in [4.78, 5) is 0. The average Bonchev–Trinajstić information content (AvgIpc) is 2.60. The number of hydrogen-bond donors (Lipinski definition) is 2. The summed E-state index contributed by atoms with van der Waals surface area (Å²) in [6.07, 6.45) is 4.28. The number of rotatable bonds is 10. The first-order chi connectivity index (χ1) is 14.5. The number of phenols is 2. The minimum absolute atomic E-state index is 0.403. The second-order valence-corrected chi connectivity index (χ2v) is 11.1. The molecule has 172 valence electrons. The van der Waals surface area contributed by atoms with Gasteiger partial charge in [0.1, 0.15) is 11.5 Å². The maximum Gasteiger partial charge on any atom is 0.122 e. The van der Waals surface area contributed by atoms with Crippen molar-refractivity contribution in [1.29, 1.82) is 0 Å². The molecule has 0 fully saturated rings. The molecule has 2 rings (SSSR count). The third-order valence-corrected chi connectivity index (χ3v) is 5.58. The van der Waals surface area contributed by atoms with E-state index in [1.807, 2.05) is 0 Å². The van der Waals surface area contributed by atoms with Gasteiger partial charge >= 0.3 is 0 Å². The van der Waals surface area contributed by atoms with Gasteiger partial charge in [0.15, 0.2) is 0 Å². The molecule has 0 atom stereocenters. The Kier molecular flexibility index (Phi) is 9.03. The van der Waals surface area contributed by atoms with Crippen molar-refractivity contribution in [2.24, 2.45) is 23.7 Å². The Bertz CT molecular complexity index is 788. The van der Waals surface area contributed by atoms with Gasteiger partial charge in [-0.25, -0.2) is 0 Å². The molecule has 0 saturated carbocycles. The highest BCUT2D eigenvalue weighted by Crippen LogP contribution is 2.34. The Balaban J connectivity index is 2.54. The summed E-state index contributed by atoms with van der Waals surface area (Å²) in [5.74, 6) is 2.89. The average molecular weight is 425 g/mol. The Hall–Kier alpha value is -1.96. The third-order valence-electron chi connectivity index (χ3n) is 5.58. The molecular formula is C29H44O2. The summed E-state index contributed by atoms with van der Waals surface area (Å²) < 4.78 is 0. The first-order valence-electron chi connectivity index (χ1n) is 12.1. The maximum atomic E-state index is 11.1. The van der Waals surface area contributed by atoms with E-state index in [-0.39, 0.29) is 0 Å². The SMILES string of the molecule is CC(C)Cc1cc(Cc2cc(CC(C)C)cc(CC(C)C)c2O)c(O)c(CC(C)C)c1. The van der Waals surface area contributed by atoms with Crippen molar-refractivity contribution in [2.75, 3.05) is 0 Å². The highest BCUT2D eigenvalue weighted by atomic mass is 16.3. The summed E-state index contributed by atoms with van der Waals surface area (Å²) in [5.41, 5.74) is 6.48. The summed E-state index contributed by atoms with van der Waals surface area (Å²) in [7, 11) is 0. The lowest BCUT2D eigenvalue weighted by Gasteiger charge is -2.19. The van der Waals surface area contributed by atoms with Crippen LogP contribution in [0.25, 0.3) is 0 Å². The van der Waals surface area contributed by atoms with E-state index >= 15 is 0 Å². The van der Waals surface area contributed by atoms with E-state index in [1.165, 1.54) is 11.1 Å². The van der Waals surface area contributed by atoms with Gasteiger partial charge in [-0.1, -0.05) is 79.7 Å². The molecule has 31 heavy (non-hydrogen) atoms. The fourth-order valence-electron chi connectivity index (χ4n) is 4.51. The van der Waals surface area contributed by atoms with E-state index in [9.17, 15) is 10.2 Å². The number of phenolic OH excluding ortho intramolecular Hbond substituents is 2. The number of aromatic hydroxyl groups is 2.